The van der Waals surface area contributed by atoms with Crippen LogP contribution in [0.1, 0.15) is 27.7 Å². The van der Waals surface area contributed by atoms with E-state index >= 15 is 0 Å². The van der Waals surface area contributed by atoms with E-state index in [1.54, 1.807) is 67.8 Å². The van der Waals surface area contributed by atoms with E-state index in [1.165, 1.54) is 21.7 Å². The van der Waals surface area contributed by atoms with E-state index < -0.39 is 26.0 Å². The van der Waals surface area contributed by atoms with E-state index in [9.17, 15) is 21.6 Å². The first-order chi connectivity index (χ1) is 19.0. The minimum atomic E-state index is -3.72. The SMILES string of the molecule is CCN(CC)c1ccc(S(=O)(=O)N(CC)CC)cc1NC(=O)COc1ccc(N(C)S(=O)(=O)c2cccs2)cc1. The molecule has 3 aromatic rings. The fourth-order valence-corrected chi connectivity index (χ4v) is 7.94. The van der Waals surface area contributed by atoms with Crippen LogP contribution in [0.25, 0.3) is 0 Å². The van der Waals surface area contributed by atoms with Gasteiger partial charge in [0.15, 0.2) is 6.61 Å². The Morgan fingerprint density at radius 3 is 2.08 bits per heavy atom. The summed E-state index contributed by atoms with van der Waals surface area (Å²) in [6.07, 6.45) is 0. The van der Waals surface area contributed by atoms with Crippen LogP contribution in [-0.2, 0) is 24.8 Å². The van der Waals surface area contributed by atoms with Gasteiger partial charge in [0.25, 0.3) is 15.9 Å². The summed E-state index contributed by atoms with van der Waals surface area (Å²) >= 11 is 1.14. The van der Waals surface area contributed by atoms with Crippen molar-refractivity contribution in [3.05, 3.63) is 60.0 Å². The van der Waals surface area contributed by atoms with E-state index in [4.69, 9.17) is 4.74 Å². The largest absolute Gasteiger partial charge is 0.484 e. The minimum Gasteiger partial charge on any atom is -0.484 e. The van der Waals surface area contributed by atoms with Crippen molar-refractivity contribution in [2.45, 2.75) is 36.8 Å². The summed E-state index contributed by atoms with van der Waals surface area (Å²) in [5.74, 6) is -0.0880. The van der Waals surface area contributed by atoms with Gasteiger partial charge >= 0.3 is 0 Å². The highest BCUT2D eigenvalue weighted by Gasteiger charge is 2.24. The van der Waals surface area contributed by atoms with Gasteiger partial charge in [-0.2, -0.15) is 4.31 Å². The number of sulfonamides is 2. The lowest BCUT2D eigenvalue weighted by molar-refractivity contribution is -0.118. The first kappa shape index (κ1) is 31.4. The minimum absolute atomic E-state index is 0.0977. The van der Waals surface area contributed by atoms with E-state index in [0.717, 1.165) is 11.3 Å². The van der Waals surface area contributed by atoms with Crippen molar-refractivity contribution in [2.24, 2.45) is 0 Å². The Labute approximate surface area is 241 Å². The van der Waals surface area contributed by atoms with Gasteiger partial charge in [-0.05, 0) is 67.8 Å². The van der Waals surface area contributed by atoms with Gasteiger partial charge in [-0.15, -0.1) is 11.3 Å². The molecule has 1 aromatic heterocycles. The molecule has 0 unspecified atom stereocenters. The van der Waals surface area contributed by atoms with E-state index in [1.807, 2.05) is 18.7 Å². The van der Waals surface area contributed by atoms with Crippen LogP contribution >= 0.6 is 11.3 Å². The number of hydrogen-bond donors (Lipinski definition) is 1. The predicted molar refractivity (Wildman–Crippen MR) is 161 cm³/mol. The average molecular weight is 609 g/mol. The summed E-state index contributed by atoms with van der Waals surface area (Å²) < 4.78 is 60.1. The molecule has 2 aromatic carbocycles. The van der Waals surface area contributed by atoms with Crippen molar-refractivity contribution in [3.63, 3.8) is 0 Å². The number of thiophene rings is 1. The van der Waals surface area contributed by atoms with Crippen LogP contribution in [0.4, 0.5) is 17.1 Å². The van der Waals surface area contributed by atoms with Gasteiger partial charge in [-0.3, -0.25) is 9.10 Å². The molecule has 0 saturated carbocycles. The van der Waals surface area contributed by atoms with Gasteiger partial charge in [0.05, 0.1) is 22.0 Å². The lowest BCUT2D eigenvalue weighted by atomic mass is 10.2. The highest BCUT2D eigenvalue weighted by atomic mass is 32.2. The molecule has 0 fully saturated rings. The second-order valence-corrected chi connectivity index (χ2v) is 13.8. The maximum Gasteiger partial charge on any atom is 0.273 e. The number of amides is 1. The topological polar surface area (TPSA) is 116 Å². The van der Waals surface area contributed by atoms with Crippen LogP contribution in [0, 0.1) is 0 Å². The summed E-state index contributed by atoms with van der Waals surface area (Å²) in [6.45, 7) is 9.19. The molecule has 0 bridgehead atoms. The molecular formula is C27H36N4O6S3. The molecule has 0 spiro atoms. The zero-order chi connectivity index (χ0) is 29.5. The number of nitrogens with zero attached hydrogens (tertiary/aromatic N) is 3. The fourth-order valence-electron chi connectivity index (χ4n) is 4.10. The molecule has 3 rings (SSSR count). The molecular weight excluding hydrogens is 573 g/mol. The Bertz CT molecular complexity index is 1480. The van der Waals surface area contributed by atoms with E-state index in [0.29, 0.717) is 49.0 Å². The van der Waals surface area contributed by atoms with Crippen LogP contribution in [0.5, 0.6) is 5.75 Å². The number of hydrogen-bond acceptors (Lipinski definition) is 8. The second kappa shape index (κ2) is 13.5. The molecule has 0 atom stereocenters. The van der Waals surface area contributed by atoms with Crippen LogP contribution in [0.2, 0.25) is 0 Å². The lowest BCUT2D eigenvalue weighted by Crippen LogP contribution is -2.31. The fraction of sp³-hybridized carbons (Fsp3) is 0.370. The Kier molecular flexibility index (Phi) is 10.6. The Balaban J connectivity index is 1.75. The first-order valence-corrected chi connectivity index (χ1v) is 16.7. The van der Waals surface area contributed by atoms with Crippen LogP contribution in [0.3, 0.4) is 0 Å². The Morgan fingerprint density at radius 1 is 0.875 bits per heavy atom. The molecule has 1 heterocycles. The van der Waals surface area contributed by atoms with Crippen molar-refractivity contribution in [1.29, 1.82) is 0 Å². The van der Waals surface area contributed by atoms with Crippen LogP contribution in [0.15, 0.2) is 69.1 Å². The van der Waals surface area contributed by atoms with Gasteiger partial charge in [0.2, 0.25) is 10.0 Å². The average Bonchev–Trinajstić information content (AvgIpc) is 3.50. The summed E-state index contributed by atoms with van der Waals surface area (Å²) in [7, 11) is -5.91. The molecule has 0 aliphatic carbocycles. The summed E-state index contributed by atoms with van der Waals surface area (Å²) in [5, 5.41) is 4.51. The van der Waals surface area contributed by atoms with E-state index in [-0.39, 0.29) is 15.7 Å². The second-order valence-electron chi connectivity index (χ2n) is 8.68. The van der Waals surface area contributed by atoms with Gasteiger partial charge in [-0.1, -0.05) is 19.9 Å². The van der Waals surface area contributed by atoms with Gasteiger partial charge < -0.3 is 15.0 Å². The zero-order valence-corrected chi connectivity index (χ0v) is 25.8. The zero-order valence-electron chi connectivity index (χ0n) is 23.3. The molecule has 13 heteroatoms. The third kappa shape index (κ3) is 6.95. The maximum absolute atomic E-state index is 13.1. The van der Waals surface area contributed by atoms with Crippen molar-refractivity contribution < 1.29 is 26.4 Å². The standard InChI is InChI=1S/C27H36N4O6S3/c1-6-30(7-2)25-17-16-23(39(33,34)31(8-3)9-4)19-24(25)28-26(32)20-37-22-14-12-21(13-15-22)29(5)40(35,36)27-11-10-18-38-27/h10-19H,6-9,20H2,1-5H3,(H,28,32). The monoisotopic (exact) mass is 608 g/mol. The quantitative estimate of drug-likeness (QED) is 0.287. The third-order valence-corrected chi connectivity index (χ3v) is 11.6. The van der Waals surface area contributed by atoms with Crippen molar-refractivity contribution in [2.75, 3.05) is 54.4 Å². The number of ether oxygens (including phenoxy) is 1. The third-order valence-electron chi connectivity index (χ3n) is 6.37. The molecule has 0 aliphatic rings. The summed E-state index contributed by atoms with van der Waals surface area (Å²) in [6, 6.07) is 14.3. The van der Waals surface area contributed by atoms with Crippen molar-refractivity contribution >= 4 is 54.4 Å². The number of nitrogens with one attached hydrogen (secondary N) is 1. The van der Waals surface area contributed by atoms with Gasteiger partial charge in [0.1, 0.15) is 9.96 Å². The molecule has 40 heavy (non-hydrogen) atoms. The predicted octanol–water partition coefficient (Wildman–Crippen LogP) is 4.47. The molecule has 10 nitrogen and oxygen atoms in total. The Morgan fingerprint density at radius 2 is 1.52 bits per heavy atom. The highest BCUT2D eigenvalue weighted by Crippen LogP contribution is 2.31. The number of carbonyl (C=O) groups is 1. The number of rotatable bonds is 14. The summed E-state index contributed by atoms with van der Waals surface area (Å²) in [5.41, 5.74) is 1.53. The first-order valence-electron chi connectivity index (χ1n) is 12.9. The molecule has 0 aliphatic heterocycles. The van der Waals surface area contributed by atoms with Gasteiger partial charge in [0, 0.05) is 33.2 Å². The molecule has 0 radical (unpaired) electrons. The molecule has 218 valence electrons. The lowest BCUT2D eigenvalue weighted by Gasteiger charge is -2.26. The normalized spacial score (nSPS) is 11.8. The molecule has 1 N–H and O–H groups in total. The maximum atomic E-state index is 13.1. The highest BCUT2D eigenvalue weighted by molar-refractivity contribution is 7.94. The number of carbonyl (C=O) groups excluding carboxylic acids is 1. The van der Waals surface area contributed by atoms with E-state index in [2.05, 4.69) is 5.32 Å². The van der Waals surface area contributed by atoms with Crippen molar-refractivity contribution in [1.82, 2.24) is 4.31 Å². The number of anilines is 3. The molecule has 1 amide bonds. The Hall–Kier alpha value is -3.13. The summed E-state index contributed by atoms with van der Waals surface area (Å²) in [4.78, 5) is 15.0. The van der Waals surface area contributed by atoms with Crippen molar-refractivity contribution in [3.8, 4) is 5.75 Å². The van der Waals surface area contributed by atoms with Gasteiger partial charge in [-0.25, -0.2) is 16.8 Å². The smallest absolute Gasteiger partial charge is 0.273 e. The van der Waals surface area contributed by atoms with Crippen LogP contribution in [-0.4, -0.2) is 66.9 Å². The molecule has 0 saturated heterocycles. The van der Waals surface area contributed by atoms with Crippen LogP contribution < -0.4 is 19.3 Å². The number of benzene rings is 2.